The van der Waals surface area contributed by atoms with Gasteiger partial charge in [-0.2, -0.15) is 0 Å². The Kier molecular flexibility index (Phi) is 10.4. The van der Waals surface area contributed by atoms with Crippen molar-refractivity contribution < 1.29 is 9.18 Å². The van der Waals surface area contributed by atoms with Gasteiger partial charge in [-0.15, -0.1) is 24.0 Å². The van der Waals surface area contributed by atoms with Crippen molar-refractivity contribution in [3.8, 4) is 0 Å². The highest BCUT2D eigenvalue weighted by Gasteiger charge is 2.04. The number of aliphatic imine (C=N–C) groups is 1. The molecule has 2 aromatic carbocycles. The van der Waals surface area contributed by atoms with Gasteiger partial charge in [-0.1, -0.05) is 24.3 Å². The summed E-state index contributed by atoms with van der Waals surface area (Å²) in [6.07, 6.45) is 1.57. The molecule has 0 atom stereocenters. The van der Waals surface area contributed by atoms with Crippen LogP contribution in [0.1, 0.15) is 21.5 Å². The smallest absolute Gasteiger partial charge is 0.251 e. The Morgan fingerprint density at radius 1 is 1.00 bits per heavy atom. The van der Waals surface area contributed by atoms with E-state index >= 15 is 0 Å². The van der Waals surface area contributed by atoms with Crippen molar-refractivity contribution in [3.05, 3.63) is 71.0 Å². The fraction of sp³-hybridized carbons (Fsp3) is 0.300. The predicted octanol–water partition coefficient (Wildman–Crippen LogP) is 2.75. The Morgan fingerprint density at radius 2 is 1.63 bits per heavy atom. The van der Waals surface area contributed by atoms with Gasteiger partial charge in [-0.05, 0) is 48.2 Å². The molecular formula is C20H26FIN4O. The summed E-state index contributed by atoms with van der Waals surface area (Å²) in [4.78, 5) is 15.9. The number of nitrogens with one attached hydrogen (secondary N) is 3. The molecule has 0 fully saturated rings. The Hall–Kier alpha value is -2.16. The van der Waals surface area contributed by atoms with Crippen LogP contribution in [0, 0.1) is 5.82 Å². The van der Waals surface area contributed by atoms with Crippen LogP contribution >= 0.6 is 24.0 Å². The first kappa shape index (κ1) is 22.9. The monoisotopic (exact) mass is 484 g/mol. The minimum absolute atomic E-state index is 0. The summed E-state index contributed by atoms with van der Waals surface area (Å²) in [5.74, 6) is 0.410. The number of amides is 1. The zero-order chi connectivity index (χ0) is 18.8. The maximum atomic E-state index is 12.9. The zero-order valence-corrected chi connectivity index (χ0v) is 17.9. The Bertz CT molecular complexity index is 750. The topological polar surface area (TPSA) is 65.5 Å². The van der Waals surface area contributed by atoms with Crippen LogP contribution in [0.25, 0.3) is 0 Å². The summed E-state index contributed by atoms with van der Waals surface area (Å²) >= 11 is 0. The normalized spacial score (nSPS) is 10.7. The number of carbonyl (C=O) groups is 1. The van der Waals surface area contributed by atoms with E-state index in [1.807, 2.05) is 18.2 Å². The first-order chi connectivity index (χ1) is 12.6. The molecule has 3 N–H and O–H groups in total. The van der Waals surface area contributed by atoms with Crippen molar-refractivity contribution in [2.75, 3.05) is 27.2 Å². The molecule has 1 amide bonds. The van der Waals surface area contributed by atoms with Crippen LogP contribution < -0.4 is 16.0 Å². The minimum atomic E-state index is -0.223. The van der Waals surface area contributed by atoms with Crippen molar-refractivity contribution in [2.24, 2.45) is 4.99 Å². The second-order valence-electron chi connectivity index (χ2n) is 5.83. The van der Waals surface area contributed by atoms with Gasteiger partial charge in [-0.25, -0.2) is 4.39 Å². The van der Waals surface area contributed by atoms with Gasteiger partial charge in [0.05, 0.1) is 0 Å². The van der Waals surface area contributed by atoms with Gasteiger partial charge >= 0.3 is 0 Å². The molecule has 0 aromatic heterocycles. The minimum Gasteiger partial charge on any atom is -0.356 e. The zero-order valence-electron chi connectivity index (χ0n) is 15.6. The molecule has 2 aromatic rings. The quantitative estimate of drug-likeness (QED) is 0.322. The highest BCUT2D eigenvalue weighted by atomic mass is 127. The van der Waals surface area contributed by atoms with E-state index in [2.05, 4.69) is 20.9 Å². The van der Waals surface area contributed by atoms with Crippen LogP contribution in [0.5, 0.6) is 0 Å². The molecule has 7 heteroatoms. The summed E-state index contributed by atoms with van der Waals surface area (Å²) in [5.41, 5.74) is 2.81. The average Bonchev–Trinajstić information content (AvgIpc) is 2.67. The molecular weight excluding hydrogens is 458 g/mol. The third kappa shape index (κ3) is 7.94. The summed E-state index contributed by atoms with van der Waals surface area (Å²) < 4.78 is 12.9. The van der Waals surface area contributed by atoms with E-state index in [0.29, 0.717) is 18.7 Å². The molecule has 2 rings (SSSR count). The molecule has 146 valence electrons. The van der Waals surface area contributed by atoms with Crippen molar-refractivity contribution >= 4 is 35.8 Å². The van der Waals surface area contributed by atoms with E-state index in [4.69, 9.17) is 0 Å². The molecule has 0 saturated carbocycles. The summed E-state index contributed by atoms with van der Waals surface area (Å²) in [5, 5.41) is 9.12. The summed E-state index contributed by atoms with van der Waals surface area (Å²) in [7, 11) is 3.34. The standard InChI is InChI=1S/C20H25FN4O.HI/c1-22-19(26)17-5-3-4-16(14-17)11-13-25-20(23-2)24-12-10-15-6-8-18(21)9-7-15;/h3-9,14H,10-13H2,1-2H3,(H,22,26)(H2,23,24,25);1H. The number of rotatable bonds is 7. The highest BCUT2D eigenvalue weighted by Crippen LogP contribution is 2.06. The van der Waals surface area contributed by atoms with Gasteiger partial charge in [0.2, 0.25) is 0 Å². The number of carbonyl (C=O) groups excluding carboxylic acids is 1. The molecule has 5 nitrogen and oxygen atoms in total. The molecule has 0 saturated heterocycles. The Labute approximate surface area is 176 Å². The van der Waals surface area contributed by atoms with Crippen LogP contribution in [0.2, 0.25) is 0 Å². The van der Waals surface area contributed by atoms with Gasteiger partial charge < -0.3 is 16.0 Å². The highest BCUT2D eigenvalue weighted by molar-refractivity contribution is 14.0. The second kappa shape index (κ2) is 12.3. The predicted molar refractivity (Wildman–Crippen MR) is 118 cm³/mol. The molecule has 27 heavy (non-hydrogen) atoms. The van der Waals surface area contributed by atoms with Gasteiger partial charge in [-0.3, -0.25) is 9.79 Å². The molecule has 0 aliphatic rings. The van der Waals surface area contributed by atoms with Crippen molar-refractivity contribution in [2.45, 2.75) is 12.8 Å². The van der Waals surface area contributed by atoms with Crippen molar-refractivity contribution in [1.29, 1.82) is 0 Å². The van der Waals surface area contributed by atoms with Gasteiger partial charge in [0.25, 0.3) is 5.91 Å². The van der Waals surface area contributed by atoms with Gasteiger partial charge in [0.1, 0.15) is 5.82 Å². The van der Waals surface area contributed by atoms with E-state index in [1.165, 1.54) is 12.1 Å². The van der Waals surface area contributed by atoms with Gasteiger partial charge in [0.15, 0.2) is 5.96 Å². The van der Waals surface area contributed by atoms with E-state index in [0.717, 1.165) is 29.9 Å². The second-order valence-corrected chi connectivity index (χ2v) is 5.83. The maximum Gasteiger partial charge on any atom is 0.251 e. The van der Waals surface area contributed by atoms with E-state index in [9.17, 15) is 9.18 Å². The lowest BCUT2D eigenvalue weighted by Gasteiger charge is -2.12. The van der Waals surface area contributed by atoms with Crippen LogP contribution in [-0.4, -0.2) is 39.1 Å². The molecule has 0 radical (unpaired) electrons. The number of guanidine groups is 1. The molecule has 0 aliphatic heterocycles. The third-order valence-corrected chi connectivity index (χ3v) is 3.97. The Balaban J connectivity index is 0.00000364. The number of benzene rings is 2. The fourth-order valence-corrected chi connectivity index (χ4v) is 2.53. The largest absolute Gasteiger partial charge is 0.356 e. The van der Waals surface area contributed by atoms with Crippen LogP contribution in [0.3, 0.4) is 0 Å². The first-order valence-electron chi connectivity index (χ1n) is 8.62. The number of halogens is 2. The lowest BCUT2D eigenvalue weighted by atomic mass is 10.1. The number of hydrogen-bond donors (Lipinski definition) is 3. The average molecular weight is 484 g/mol. The van der Waals surface area contributed by atoms with Crippen LogP contribution in [0.4, 0.5) is 4.39 Å². The van der Waals surface area contributed by atoms with E-state index < -0.39 is 0 Å². The van der Waals surface area contributed by atoms with Crippen LogP contribution in [0.15, 0.2) is 53.5 Å². The van der Waals surface area contributed by atoms with E-state index in [1.54, 1.807) is 32.3 Å². The summed E-state index contributed by atoms with van der Waals surface area (Å²) in [6, 6.07) is 14.1. The number of hydrogen-bond acceptors (Lipinski definition) is 2. The molecule has 0 spiro atoms. The molecule has 0 aliphatic carbocycles. The number of nitrogens with zero attached hydrogens (tertiary/aromatic N) is 1. The lowest BCUT2D eigenvalue weighted by Crippen LogP contribution is -2.39. The van der Waals surface area contributed by atoms with E-state index in [-0.39, 0.29) is 35.7 Å². The lowest BCUT2D eigenvalue weighted by molar-refractivity contribution is 0.0963. The fourth-order valence-electron chi connectivity index (χ4n) is 2.53. The maximum absolute atomic E-state index is 12.9. The van der Waals surface area contributed by atoms with Crippen molar-refractivity contribution in [1.82, 2.24) is 16.0 Å². The SMILES string of the molecule is CN=C(NCCc1ccc(F)cc1)NCCc1cccc(C(=O)NC)c1.I. The van der Waals surface area contributed by atoms with Crippen LogP contribution in [-0.2, 0) is 12.8 Å². The Morgan fingerprint density at radius 3 is 2.22 bits per heavy atom. The molecule has 0 bridgehead atoms. The van der Waals surface area contributed by atoms with Gasteiger partial charge in [0, 0.05) is 32.7 Å². The third-order valence-electron chi connectivity index (χ3n) is 3.97. The van der Waals surface area contributed by atoms with Crippen molar-refractivity contribution in [3.63, 3.8) is 0 Å². The first-order valence-corrected chi connectivity index (χ1v) is 8.62. The molecule has 0 heterocycles. The summed E-state index contributed by atoms with van der Waals surface area (Å²) in [6.45, 7) is 1.41. The molecule has 0 unspecified atom stereocenters.